The molecule has 3 rings (SSSR count). The Morgan fingerprint density at radius 3 is 2.95 bits per heavy atom. The molecule has 2 heterocycles. The summed E-state index contributed by atoms with van der Waals surface area (Å²) in [7, 11) is 0. The van der Waals surface area contributed by atoms with Gasteiger partial charge in [0.15, 0.2) is 5.58 Å². The van der Waals surface area contributed by atoms with E-state index in [0.29, 0.717) is 29.2 Å². The lowest BCUT2D eigenvalue weighted by Crippen LogP contribution is -2.19. The molecule has 2 aromatic heterocycles. The molecule has 21 heavy (non-hydrogen) atoms. The number of anilines is 1. The third-order valence-corrected chi connectivity index (χ3v) is 3.22. The minimum Gasteiger partial charge on any atom is -0.408 e. The van der Waals surface area contributed by atoms with E-state index < -0.39 is 5.76 Å². The summed E-state index contributed by atoms with van der Waals surface area (Å²) >= 11 is 0. The van der Waals surface area contributed by atoms with Gasteiger partial charge in [-0.2, -0.15) is 5.10 Å². The van der Waals surface area contributed by atoms with Crippen molar-refractivity contribution >= 4 is 16.8 Å². The highest BCUT2D eigenvalue weighted by atomic mass is 16.4. The molecule has 7 nitrogen and oxygen atoms in total. The normalized spacial score (nSPS) is 11.6. The minimum absolute atomic E-state index is 0.308. The quantitative estimate of drug-likeness (QED) is 0.734. The summed E-state index contributed by atoms with van der Waals surface area (Å²) in [6, 6.07) is 5.13. The Kier molecular flexibility index (Phi) is 3.25. The minimum atomic E-state index is -0.422. The van der Waals surface area contributed by atoms with Crippen LogP contribution in [0.1, 0.15) is 19.7 Å². The van der Waals surface area contributed by atoms with Crippen LogP contribution in [-0.2, 0) is 13.1 Å². The first-order valence-electron chi connectivity index (χ1n) is 6.80. The van der Waals surface area contributed by atoms with Crippen molar-refractivity contribution in [3.8, 4) is 0 Å². The molecule has 0 atom stereocenters. The number of aromatic nitrogens is 4. The lowest BCUT2D eigenvalue weighted by atomic mass is 10.2. The number of oxazole rings is 1. The Bertz CT molecular complexity index is 827. The molecule has 110 valence electrons. The zero-order valence-corrected chi connectivity index (χ0v) is 12.0. The Morgan fingerprint density at radius 1 is 1.38 bits per heavy atom. The summed E-state index contributed by atoms with van der Waals surface area (Å²) in [5.74, 6) is 0.740. The number of fused-ring (bicyclic) bond motifs is 1. The first kappa shape index (κ1) is 13.4. The van der Waals surface area contributed by atoms with Crippen molar-refractivity contribution in [3.05, 3.63) is 40.9 Å². The van der Waals surface area contributed by atoms with Gasteiger partial charge in [-0.05, 0) is 24.1 Å². The van der Waals surface area contributed by atoms with Crippen LogP contribution in [0.25, 0.3) is 11.1 Å². The summed E-state index contributed by atoms with van der Waals surface area (Å²) in [4.78, 5) is 16.2. The molecule has 0 aliphatic heterocycles. The van der Waals surface area contributed by atoms with Crippen molar-refractivity contribution in [2.45, 2.75) is 26.9 Å². The van der Waals surface area contributed by atoms with E-state index in [0.717, 1.165) is 12.4 Å². The molecule has 7 heteroatoms. The van der Waals surface area contributed by atoms with Gasteiger partial charge in [0.1, 0.15) is 12.2 Å². The molecule has 3 aromatic rings. The molecule has 0 spiro atoms. The molecule has 0 radical (unpaired) electrons. The van der Waals surface area contributed by atoms with Gasteiger partial charge in [-0.25, -0.2) is 14.5 Å². The van der Waals surface area contributed by atoms with E-state index in [1.165, 1.54) is 10.9 Å². The van der Waals surface area contributed by atoms with Crippen LogP contribution < -0.4 is 11.5 Å². The molecule has 2 N–H and O–H groups in total. The lowest BCUT2D eigenvalue weighted by Gasteiger charge is -2.08. The molecule has 0 aliphatic rings. The maximum Gasteiger partial charge on any atom is 0.420 e. The Hall–Kier alpha value is -2.57. The lowest BCUT2D eigenvalue weighted by molar-refractivity contribution is 0.453. The van der Waals surface area contributed by atoms with Gasteiger partial charge in [-0.15, -0.1) is 0 Å². The Morgan fingerprint density at radius 2 is 2.19 bits per heavy atom. The predicted molar refractivity (Wildman–Crippen MR) is 78.8 cm³/mol. The number of nitrogen functional groups attached to an aromatic ring is 1. The summed E-state index contributed by atoms with van der Waals surface area (Å²) in [6.45, 7) is 5.27. The number of nitrogens with two attached hydrogens (primary N) is 1. The van der Waals surface area contributed by atoms with Crippen LogP contribution in [0.15, 0.2) is 33.7 Å². The molecular formula is C14H17N5O2. The predicted octanol–water partition coefficient (Wildman–Crippen LogP) is 1.47. The average Bonchev–Trinajstić information content (AvgIpc) is 2.96. The second kappa shape index (κ2) is 5.08. The van der Waals surface area contributed by atoms with Gasteiger partial charge in [0.25, 0.3) is 0 Å². The van der Waals surface area contributed by atoms with E-state index >= 15 is 0 Å². The molecule has 0 amide bonds. The smallest absolute Gasteiger partial charge is 0.408 e. The van der Waals surface area contributed by atoms with Gasteiger partial charge in [0.05, 0.1) is 12.1 Å². The summed E-state index contributed by atoms with van der Waals surface area (Å²) in [5, 5.41) is 4.20. The zero-order chi connectivity index (χ0) is 15.0. The topological polar surface area (TPSA) is 91.9 Å². The highest BCUT2D eigenvalue weighted by Crippen LogP contribution is 2.17. The van der Waals surface area contributed by atoms with Crippen LogP contribution >= 0.6 is 0 Å². The van der Waals surface area contributed by atoms with Gasteiger partial charge >= 0.3 is 5.76 Å². The molecule has 0 bridgehead atoms. The molecule has 0 aliphatic carbocycles. The van der Waals surface area contributed by atoms with E-state index in [1.54, 1.807) is 18.2 Å². The largest absolute Gasteiger partial charge is 0.420 e. The SMILES string of the molecule is CC(C)Cn1ncnc1Cn1c(=O)oc2ccc(N)cc21. The highest BCUT2D eigenvalue weighted by Gasteiger charge is 2.13. The maximum atomic E-state index is 12.0. The fourth-order valence-electron chi connectivity index (χ4n) is 2.28. The van der Waals surface area contributed by atoms with Crippen molar-refractivity contribution in [2.24, 2.45) is 5.92 Å². The number of benzene rings is 1. The zero-order valence-electron chi connectivity index (χ0n) is 12.0. The number of hydrogen-bond acceptors (Lipinski definition) is 5. The van der Waals surface area contributed by atoms with Crippen LogP contribution in [-0.4, -0.2) is 19.3 Å². The van der Waals surface area contributed by atoms with E-state index in [-0.39, 0.29) is 0 Å². The van der Waals surface area contributed by atoms with Crippen molar-refractivity contribution in [1.82, 2.24) is 19.3 Å². The van der Waals surface area contributed by atoms with Gasteiger partial charge in [0, 0.05) is 12.2 Å². The van der Waals surface area contributed by atoms with Crippen LogP contribution in [0.2, 0.25) is 0 Å². The molecule has 0 fully saturated rings. The fourth-order valence-corrected chi connectivity index (χ4v) is 2.28. The molecule has 0 unspecified atom stereocenters. The third-order valence-electron chi connectivity index (χ3n) is 3.22. The van der Waals surface area contributed by atoms with Crippen molar-refractivity contribution in [1.29, 1.82) is 0 Å². The van der Waals surface area contributed by atoms with E-state index in [4.69, 9.17) is 10.2 Å². The first-order valence-corrected chi connectivity index (χ1v) is 6.80. The molecular weight excluding hydrogens is 270 g/mol. The number of hydrogen-bond donors (Lipinski definition) is 1. The first-order chi connectivity index (χ1) is 10.0. The van der Waals surface area contributed by atoms with Crippen LogP contribution in [0.4, 0.5) is 5.69 Å². The Balaban J connectivity index is 2.02. The summed E-state index contributed by atoms with van der Waals surface area (Å²) in [5.41, 5.74) is 7.55. The highest BCUT2D eigenvalue weighted by molar-refractivity contribution is 5.77. The maximum absolute atomic E-state index is 12.0. The van der Waals surface area contributed by atoms with Crippen LogP contribution in [0.3, 0.4) is 0 Å². The Labute approximate surface area is 121 Å². The van der Waals surface area contributed by atoms with Gasteiger partial charge < -0.3 is 10.2 Å². The third kappa shape index (κ3) is 2.54. The summed E-state index contributed by atoms with van der Waals surface area (Å²) in [6.07, 6.45) is 1.50. The van der Waals surface area contributed by atoms with Crippen LogP contribution in [0, 0.1) is 5.92 Å². The molecule has 0 saturated carbocycles. The standard InChI is InChI=1S/C14H17N5O2/c1-9(2)6-19-13(16-8-17-19)7-18-11-5-10(15)3-4-12(11)21-14(18)20/h3-5,8-9H,6-7,15H2,1-2H3. The van der Waals surface area contributed by atoms with Crippen molar-refractivity contribution in [2.75, 3.05) is 5.73 Å². The number of nitrogens with zero attached hydrogens (tertiary/aromatic N) is 4. The van der Waals surface area contributed by atoms with E-state index in [1.807, 2.05) is 4.68 Å². The molecule has 0 saturated heterocycles. The van der Waals surface area contributed by atoms with E-state index in [2.05, 4.69) is 23.9 Å². The van der Waals surface area contributed by atoms with Crippen molar-refractivity contribution in [3.63, 3.8) is 0 Å². The van der Waals surface area contributed by atoms with Gasteiger partial charge in [0.2, 0.25) is 0 Å². The monoisotopic (exact) mass is 287 g/mol. The number of rotatable bonds is 4. The van der Waals surface area contributed by atoms with Gasteiger partial charge in [-0.3, -0.25) is 4.57 Å². The van der Waals surface area contributed by atoms with Gasteiger partial charge in [-0.1, -0.05) is 13.8 Å². The second-order valence-corrected chi connectivity index (χ2v) is 5.43. The van der Waals surface area contributed by atoms with E-state index in [9.17, 15) is 4.79 Å². The second-order valence-electron chi connectivity index (χ2n) is 5.43. The van der Waals surface area contributed by atoms with Crippen molar-refractivity contribution < 1.29 is 4.42 Å². The van der Waals surface area contributed by atoms with Crippen LogP contribution in [0.5, 0.6) is 0 Å². The average molecular weight is 287 g/mol. The summed E-state index contributed by atoms with van der Waals surface area (Å²) < 4.78 is 8.55. The molecule has 1 aromatic carbocycles. The fraction of sp³-hybridized carbons (Fsp3) is 0.357.